The number of carbonyl (C=O) groups excluding carboxylic acids is 1. The van der Waals surface area contributed by atoms with E-state index in [0.29, 0.717) is 0 Å². The van der Waals surface area contributed by atoms with Gasteiger partial charge in [0.2, 0.25) is 0 Å². The Bertz CT molecular complexity index is 130. The van der Waals surface area contributed by atoms with Gasteiger partial charge >= 0.3 is 0 Å². The molecule has 0 spiro atoms. The van der Waals surface area contributed by atoms with Gasteiger partial charge in [0, 0.05) is 6.42 Å². The van der Waals surface area contributed by atoms with E-state index >= 15 is 0 Å². The van der Waals surface area contributed by atoms with Crippen LogP contribution in [-0.2, 0) is 4.79 Å². The molecule has 0 N–H and O–H groups in total. The minimum Gasteiger partial charge on any atom is -0.293 e. The first kappa shape index (κ1) is 7.63. The van der Waals surface area contributed by atoms with Crippen molar-refractivity contribution < 1.29 is 13.6 Å². The molecular formula is C7H10F2O. The Morgan fingerprint density at radius 3 is 2.40 bits per heavy atom. The average molecular weight is 148 g/mol. The number of Topliss-reactive ketones (excluding diaryl/α,β-unsaturated/α-hetero) is 1. The zero-order chi connectivity index (χ0) is 7.56. The quantitative estimate of drug-likeness (QED) is 0.598. The molecule has 1 aliphatic carbocycles. The van der Waals surface area contributed by atoms with Crippen LogP contribution in [0.15, 0.2) is 0 Å². The molecule has 0 aromatic carbocycles. The van der Waals surface area contributed by atoms with Crippen LogP contribution in [0.3, 0.4) is 0 Å². The lowest BCUT2D eigenvalue weighted by Gasteiger charge is -2.23. The van der Waals surface area contributed by atoms with Gasteiger partial charge in [-0.3, -0.25) is 4.79 Å². The SMILES string of the molecule is O=C(CC1CCC1)C(F)F. The van der Waals surface area contributed by atoms with Crippen LogP contribution in [0.25, 0.3) is 0 Å². The Labute approximate surface area is 58.4 Å². The monoisotopic (exact) mass is 148 g/mol. The van der Waals surface area contributed by atoms with Gasteiger partial charge in [-0.15, -0.1) is 0 Å². The third kappa shape index (κ3) is 1.75. The maximum absolute atomic E-state index is 11.6. The largest absolute Gasteiger partial charge is 0.295 e. The Kier molecular flexibility index (Phi) is 2.35. The second kappa shape index (κ2) is 3.08. The molecular weight excluding hydrogens is 138 g/mol. The fourth-order valence-corrected chi connectivity index (χ4v) is 1.07. The molecule has 1 rings (SSSR count). The highest BCUT2D eigenvalue weighted by Gasteiger charge is 2.24. The smallest absolute Gasteiger partial charge is 0.293 e. The molecule has 1 saturated carbocycles. The van der Waals surface area contributed by atoms with Crippen LogP contribution in [0.5, 0.6) is 0 Å². The zero-order valence-corrected chi connectivity index (χ0v) is 5.65. The molecule has 0 aliphatic heterocycles. The summed E-state index contributed by atoms with van der Waals surface area (Å²) in [5.74, 6) is -0.619. The number of carbonyl (C=O) groups is 1. The van der Waals surface area contributed by atoms with Gasteiger partial charge in [-0.2, -0.15) is 0 Å². The lowest BCUT2D eigenvalue weighted by molar-refractivity contribution is -0.131. The molecule has 58 valence electrons. The number of hydrogen-bond acceptors (Lipinski definition) is 1. The highest BCUT2D eigenvalue weighted by Crippen LogP contribution is 2.30. The minimum absolute atomic E-state index is 0.0949. The van der Waals surface area contributed by atoms with Crippen LogP contribution in [-0.4, -0.2) is 12.2 Å². The van der Waals surface area contributed by atoms with E-state index in [-0.39, 0.29) is 12.3 Å². The third-order valence-electron chi connectivity index (χ3n) is 1.96. The molecule has 0 unspecified atom stereocenters. The van der Waals surface area contributed by atoms with E-state index in [1.807, 2.05) is 0 Å². The van der Waals surface area contributed by atoms with Gasteiger partial charge in [0.25, 0.3) is 6.43 Å². The standard InChI is InChI=1S/C7H10F2O/c8-7(9)6(10)4-5-2-1-3-5/h5,7H,1-4H2. The molecule has 0 aromatic rings. The number of halogens is 2. The Morgan fingerprint density at radius 2 is 2.10 bits per heavy atom. The maximum Gasteiger partial charge on any atom is 0.295 e. The van der Waals surface area contributed by atoms with Crippen molar-refractivity contribution in [2.24, 2.45) is 5.92 Å². The van der Waals surface area contributed by atoms with E-state index in [1.54, 1.807) is 0 Å². The van der Waals surface area contributed by atoms with Gasteiger partial charge in [0.15, 0.2) is 5.78 Å². The second-order valence-corrected chi connectivity index (χ2v) is 2.77. The van der Waals surface area contributed by atoms with Crippen molar-refractivity contribution in [3.8, 4) is 0 Å². The molecule has 1 fully saturated rings. The summed E-state index contributed by atoms with van der Waals surface area (Å²) in [7, 11) is 0. The molecule has 0 atom stereocenters. The molecule has 0 amide bonds. The van der Waals surface area contributed by atoms with Crippen LogP contribution in [0, 0.1) is 5.92 Å². The van der Waals surface area contributed by atoms with E-state index in [2.05, 4.69) is 0 Å². The van der Waals surface area contributed by atoms with Crippen LogP contribution in [0.4, 0.5) is 8.78 Å². The molecule has 1 aliphatic rings. The van der Waals surface area contributed by atoms with Crippen molar-refractivity contribution in [1.29, 1.82) is 0 Å². The molecule has 0 radical (unpaired) electrons. The zero-order valence-electron chi connectivity index (χ0n) is 5.65. The average Bonchev–Trinajstić information content (AvgIpc) is 1.77. The molecule has 3 heteroatoms. The lowest BCUT2D eigenvalue weighted by atomic mass is 9.82. The normalized spacial score (nSPS) is 19.1. The topological polar surface area (TPSA) is 17.1 Å². The first-order valence-corrected chi connectivity index (χ1v) is 3.51. The van der Waals surface area contributed by atoms with Crippen LogP contribution < -0.4 is 0 Å². The summed E-state index contributed by atoms with van der Waals surface area (Å²) in [4.78, 5) is 10.4. The summed E-state index contributed by atoms with van der Waals surface area (Å²) in [6.45, 7) is 0. The summed E-state index contributed by atoms with van der Waals surface area (Å²) in [5, 5.41) is 0. The number of hydrogen-bond donors (Lipinski definition) is 0. The fourth-order valence-electron chi connectivity index (χ4n) is 1.07. The van der Waals surface area contributed by atoms with E-state index < -0.39 is 12.2 Å². The molecule has 0 aromatic heterocycles. The molecule has 10 heavy (non-hydrogen) atoms. The van der Waals surface area contributed by atoms with Gasteiger partial charge in [-0.1, -0.05) is 19.3 Å². The number of ketones is 1. The van der Waals surface area contributed by atoms with Gasteiger partial charge in [-0.05, 0) is 5.92 Å². The first-order valence-electron chi connectivity index (χ1n) is 3.51. The molecule has 1 nitrogen and oxygen atoms in total. The number of alkyl halides is 2. The Hall–Kier alpha value is -0.470. The lowest BCUT2D eigenvalue weighted by Crippen LogP contribution is -2.20. The summed E-state index contributed by atoms with van der Waals surface area (Å²) < 4.78 is 23.2. The van der Waals surface area contributed by atoms with E-state index in [9.17, 15) is 13.6 Å². The van der Waals surface area contributed by atoms with Crippen molar-refractivity contribution >= 4 is 5.78 Å². The van der Waals surface area contributed by atoms with Crippen LogP contribution in [0.2, 0.25) is 0 Å². The summed E-state index contributed by atoms with van der Waals surface area (Å²) in [6, 6.07) is 0. The van der Waals surface area contributed by atoms with Gasteiger partial charge < -0.3 is 0 Å². The minimum atomic E-state index is -2.75. The molecule has 0 bridgehead atoms. The van der Waals surface area contributed by atoms with Crippen LogP contribution >= 0.6 is 0 Å². The fraction of sp³-hybridized carbons (Fsp3) is 0.857. The van der Waals surface area contributed by atoms with Crippen molar-refractivity contribution in [3.05, 3.63) is 0 Å². The third-order valence-corrected chi connectivity index (χ3v) is 1.96. The van der Waals surface area contributed by atoms with Crippen LogP contribution in [0.1, 0.15) is 25.7 Å². The van der Waals surface area contributed by atoms with E-state index in [1.165, 1.54) is 0 Å². The summed E-state index contributed by atoms with van der Waals surface area (Å²) >= 11 is 0. The summed E-state index contributed by atoms with van der Waals surface area (Å²) in [6.07, 6.45) is 0.357. The first-order chi connectivity index (χ1) is 4.70. The summed E-state index contributed by atoms with van der Waals surface area (Å²) in [5.41, 5.74) is 0. The van der Waals surface area contributed by atoms with Crippen molar-refractivity contribution in [1.82, 2.24) is 0 Å². The van der Waals surface area contributed by atoms with E-state index in [0.717, 1.165) is 19.3 Å². The molecule has 0 heterocycles. The van der Waals surface area contributed by atoms with Gasteiger partial charge in [0.1, 0.15) is 0 Å². The van der Waals surface area contributed by atoms with Gasteiger partial charge in [0.05, 0.1) is 0 Å². The predicted octanol–water partition coefficient (Wildman–Crippen LogP) is 2.01. The van der Waals surface area contributed by atoms with Crippen molar-refractivity contribution in [2.45, 2.75) is 32.1 Å². The maximum atomic E-state index is 11.6. The van der Waals surface area contributed by atoms with E-state index in [4.69, 9.17) is 0 Å². The number of rotatable bonds is 3. The van der Waals surface area contributed by atoms with Crippen molar-refractivity contribution in [2.75, 3.05) is 0 Å². The second-order valence-electron chi connectivity index (χ2n) is 2.77. The van der Waals surface area contributed by atoms with Gasteiger partial charge in [-0.25, -0.2) is 8.78 Å². The Morgan fingerprint density at radius 1 is 1.50 bits per heavy atom. The highest BCUT2D eigenvalue weighted by molar-refractivity contribution is 5.81. The Balaban J connectivity index is 2.17. The molecule has 0 saturated heterocycles. The van der Waals surface area contributed by atoms with Crippen molar-refractivity contribution in [3.63, 3.8) is 0 Å². The highest BCUT2D eigenvalue weighted by atomic mass is 19.3. The predicted molar refractivity (Wildman–Crippen MR) is 33.0 cm³/mol.